The Morgan fingerprint density at radius 2 is 1.75 bits per heavy atom. The third kappa shape index (κ3) is 3.48. The van der Waals surface area contributed by atoms with Crippen molar-refractivity contribution in [3.63, 3.8) is 0 Å². The van der Waals surface area contributed by atoms with Crippen molar-refractivity contribution >= 4 is 0 Å². The van der Waals surface area contributed by atoms with Crippen molar-refractivity contribution in [2.75, 3.05) is 14.1 Å². The van der Waals surface area contributed by atoms with E-state index in [1.54, 1.807) is 0 Å². The lowest BCUT2D eigenvalue weighted by atomic mass is 10.2. The van der Waals surface area contributed by atoms with Crippen LogP contribution in [-0.4, -0.2) is 31.0 Å². The maximum absolute atomic E-state index is 12.5. The van der Waals surface area contributed by atoms with Gasteiger partial charge in [-0.2, -0.15) is 0 Å². The molecule has 0 heterocycles. The van der Waals surface area contributed by atoms with Crippen LogP contribution in [0.25, 0.3) is 0 Å². The summed E-state index contributed by atoms with van der Waals surface area (Å²) in [6, 6.07) is 0.0926. The van der Waals surface area contributed by atoms with Gasteiger partial charge in [-0.05, 0) is 20.5 Å². The first-order chi connectivity index (χ1) is 5.51. The minimum atomic E-state index is -2.39. The van der Waals surface area contributed by atoms with Crippen LogP contribution in [0.3, 0.4) is 0 Å². The quantitative estimate of drug-likeness (QED) is 0.598. The van der Waals surface area contributed by atoms with Crippen LogP contribution in [0.5, 0.6) is 0 Å². The lowest BCUT2D eigenvalue weighted by molar-refractivity contribution is 0.00316. The van der Waals surface area contributed by atoms with Crippen LogP contribution in [0.1, 0.15) is 33.1 Å². The van der Waals surface area contributed by atoms with E-state index in [9.17, 15) is 8.78 Å². The summed E-state index contributed by atoms with van der Waals surface area (Å²) in [4.78, 5) is 1.88. The molecule has 0 bridgehead atoms. The molecule has 1 nitrogen and oxygen atoms in total. The summed E-state index contributed by atoms with van der Waals surface area (Å²) >= 11 is 0. The highest BCUT2D eigenvalue weighted by Crippen LogP contribution is 2.36. The normalized spacial score (nSPS) is 26.8. The minimum absolute atomic E-state index is 0.0417. The molecule has 0 radical (unpaired) electrons. The van der Waals surface area contributed by atoms with Gasteiger partial charge in [0.2, 0.25) is 5.92 Å². The molecule has 0 amide bonds. The second-order valence-corrected chi connectivity index (χ2v) is 3.22. The van der Waals surface area contributed by atoms with E-state index in [0.717, 1.165) is 0 Å². The van der Waals surface area contributed by atoms with Crippen LogP contribution in [0, 0.1) is 0 Å². The van der Waals surface area contributed by atoms with Gasteiger partial charge in [-0.1, -0.05) is 13.8 Å². The zero-order valence-corrected chi connectivity index (χ0v) is 8.40. The van der Waals surface area contributed by atoms with Crippen molar-refractivity contribution < 1.29 is 8.78 Å². The van der Waals surface area contributed by atoms with Gasteiger partial charge in [0.25, 0.3) is 0 Å². The molecule has 1 unspecified atom stereocenters. The van der Waals surface area contributed by atoms with E-state index in [2.05, 4.69) is 0 Å². The largest absolute Gasteiger partial charge is 0.306 e. The average molecular weight is 179 g/mol. The molecule has 1 fully saturated rings. The van der Waals surface area contributed by atoms with Gasteiger partial charge >= 0.3 is 0 Å². The Bertz CT molecular complexity index is 124. The van der Waals surface area contributed by atoms with E-state index in [4.69, 9.17) is 0 Å². The van der Waals surface area contributed by atoms with E-state index in [0.29, 0.717) is 6.42 Å². The zero-order chi connectivity index (χ0) is 9.78. The molecule has 1 atom stereocenters. The second kappa shape index (κ2) is 4.75. The third-order valence-electron chi connectivity index (χ3n) is 2.11. The Balaban J connectivity index is 0.000000561. The molecule has 1 rings (SSSR count). The molecule has 1 aliphatic carbocycles. The summed E-state index contributed by atoms with van der Waals surface area (Å²) in [6.45, 7) is 4.00. The van der Waals surface area contributed by atoms with E-state index in [1.807, 2.05) is 32.8 Å². The second-order valence-electron chi connectivity index (χ2n) is 3.22. The number of hydrogen-bond acceptors (Lipinski definition) is 1. The number of nitrogens with zero attached hydrogens (tertiary/aromatic N) is 1. The molecule has 1 aliphatic rings. The molecular weight excluding hydrogens is 160 g/mol. The molecule has 74 valence electrons. The highest BCUT2D eigenvalue weighted by atomic mass is 19.3. The molecule has 1 saturated carbocycles. The monoisotopic (exact) mass is 179 g/mol. The summed E-state index contributed by atoms with van der Waals surface area (Å²) in [5.41, 5.74) is 0. The Hall–Kier alpha value is -0.180. The van der Waals surface area contributed by atoms with Gasteiger partial charge in [-0.25, -0.2) is 8.78 Å². The van der Waals surface area contributed by atoms with Gasteiger partial charge < -0.3 is 4.90 Å². The van der Waals surface area contributed by atoms with Crippen LogP contribution >= 0.6 is 0 Å². The first-order valence-corrected chi connectivity index (χ1v) is 4.55. The topological polar surface area (TPSA) is 3.24 Å². The van der Waals surface area contributed by atoms with Crippen LogP contribution in [0.15, 0.2) is 0 Å². The SMILES string of the molecule is CC.CN(C)C1CCC(F)(F)C1. The van der Waals surface area contributed by atoms with E-state index in [1.165, 1.54) is 0 Å². The van der Waals surface area contributed by atoms with Crippen molar-refractivity contribution in [1.82, 2.24) is 4.90 Å². The van der Waals surface area contributed by atoms with Gasteiger partial charge in [-0.15, -0.1) is 0 Å². The Morgan fingerprint density at radius 1 is 1.25 bits per heavy atom. The molecular formula is C9H19F2N. The summed E-state index contributed by atoms with van der Waals surface area (Å²) in [5, 5.41) is 0. The third-order valence-corrected chi connectivity index (χ3v) is 2.11. The van der Waals surface area contributed by atoms with Gasteiger partial charge in [0.05, 0.1) is 0 Å². The predicted molar refractivity (Wildman–Crippen MR) is 47.6 cm³/mol. The Labute approximate surface area is 73.7 Å². The van der Waals surface area contributed by atoms with E-state index >= 15 is 0 Å². The Morgan fingerprint density at radius 3 is 1.92 bits per heavy atom. The van der Waals surface area contributed by atoms with Crippen molar-refractivity contribution in [3.8, 4) is 0 Å². The fourth-order valence-electron chi connectivity index (χ4n) is 1.37. The summed E-state index contributed by atoms with van der Waals surface area (Å²) in [6.07, 6.45) is 0.746. The predicted octanol–water partition coefficient (Wildman–Crippen LogP) is 2.76. The molecule has 0 N–H and O–H groups in total. The highest BCUT2D eigenvalue weighted by Gasteiger charge is 2.39. The van der Waals surface area contributed by atoms with Gasteiger partial charge in [0.1, 0.15) is 0 Å². The summed E-state index contributed by atoms with van der Waals surface area (Å²) < 4.78 is 25.1. The molecule has 0 aromatic heterocycles. The number of alkyl halides is 2. The first kappa shape index (κ1) is 11.8. The molecule has 3 heteroatoms. The van der Waals surface area contributed by atoms with E-state index < -0.39 is 5.92 Å². The van der Waals surface area contributed by atoms with Crippen LogP contribution in [0.2, 0.25) is 0 Å². The maximum Gasteiger partial charge on any atom is 0.249 e. The van der Waals surface area contributed by atoms with Crippen molar-refractivity contribution in [3.05, 3.63) is 0 Å². The van der Waals surface area contributed by atoms with Crippen molar-refractivity contribution in [2.45, 2.75) is 45.1 Å². The lowest BCUT2D eigenvalue weighted by Crippen LogP contribution is -2.26. The minimum Gasteiger partial charge on any atom is -0.306 e. The number of hydrogen-bond donors (Lipinski definition) is 0. The Kier molecular flexibility index (Phi) is 4.68. The molecule has 0 aromatic rings. The van der Waals surface area contributed by atoms with Crippen molar-refractivity contribution in [2.24, 2.45) is 0 Å². The van der Waals surface area contributed by atoms with E-state index in [-0.39, 0.29) is 18.9 Å². The number of rotatable bonds is 1. The lowest BCUT2D eigenvalue weighted by Gasteiger charge is -2.18. The molecule has 0 saturated heterocycles. The molecule has 12 heavy (non-hydrogen) atoms. The first-order valence-electron chi connectivity index (χ1n) is 4.55. The van der Waals surface area contributed by atoms with Gasteiger partial charge in [0.15, 0.2) is 0 Å². The highest BCUT2D eigenvalue weighted by molar-refractivity contribution is 4.85. The smallest absolute Gasteiger partial charge is 0.249 e. The molecule has 0 aromatic carbocycles. The maximum atomic E-state index is 12.5. The molecule has 0 spiro atoms. The summed E-state index contributed by atoms with van der Waals surface area (Å²) in [7, 11) is 3.71. The van der Waals surface area contributed by atoms with Crippen LogP contribution in [0.4, 0.5) is 8.78 Å². The van der Waals surface area contributed by atoms with Gasteiger partial charge in [0, 0.05) is 18.9 Å². The van der Waals surface area contributed by atoms with Crippen LogP contribution in [-0.2, 0) is 0 Å². The molecule has 0 aliphatic heterocycles. The number of halogens is 2. The summed E-state index contributed by atoms with van der Waals surface area (Å²) in [5.74, 6) is -2.39. The fraction of sp³-hybridized carbons (Fsp3) is 1.00. The van der Waals surface area contributed by atoms with Gasteiger partial charge in [-0.3, -0.25) is 0 Å². The fourth-order valence-corrected chi connectivity index (χ4v) is 1.37. The van der Waals surface area contributed by atoms with Crippen molar-refractivity contribution in [1.29, 1.82) is 0 Å². The zero-order valence-electron chi connectivity index (χ0n) is 8.40. The standard InChI is InChI=1S/C7H13F2N.C2H6/c1-10(2)6-3-4-7(8,9)5-6;1-2/h6H,3-5H2,1-2H3;1-2H3. The van der Waals surface area contributed by atoms with Crippen LogP contribution < -0.4 is 0 Å². The average Bonchev–Trinajstić information content (AvgIpc) is 2.35.